The van der Waals surface area contributed by atoms with E-state index in [9.17, 15) is 4.79 Å². The monoisotopic (exact) mass is 274 g/mol. The van der Waals surface area contributed by atoms with Gasteiger partial charge in [0.25, 0.3) is 0 Å². The number of likely N-dealkylation sites (N-methyl/N-ethyl adjacent to an activating group) is 1. The van der Waals surface area contributed by atoms with Gasteiger partial charge in [-0.2, -0.15) is 0 Å². The van der Waals surface area contributed by atoms with Crippen LogP contribution in [0, 0.1) is 0 Å². The molecule has 0 fully saturated rings. The number of hydrogen-bond donors (Lipinski definition) is 0. The van der Waals surface area contributed by atoms with Crippen molar-refractivity contribution in [3.63, 3.8) is 0 Å². The molecule has 20 heavy (non-hydrogen) atoms. The molecule has 0 saturated heterocycles. The number of amides is 1. The maximum atomic E-state index is 12.3. The van der Waals surface area contributed by atoms with Crippen LogP contribution < -0.4 is 0 Å². The normalized spacial score (nSPS) is 12.6. The van der Waals surface area contributed by atoms with E-state index < -0.39 is 0 Å². The summed E-state index contributed by atoms with van der Waals surface area (Å²) in [6.45, 7) is 2.54. The standard InChI is InChI=1S/C16H22N2O2/c1-12(11-20-4)18(3)16(19)9-13-10-17(2)15-8-6-5-7-14(13)15/h5-8,10,12H,9,11H2,1-4H3/t12-/m0/s1. The van der Waals surface area contributed by atoms with Crippen molar-refractivity contribution in [2.24, 2.45) is 7.05 Å². The van der Waals surface area contributed by atoms with E-state index in [1.807, 2.05) is 39.3 Å². The minimum Gasteiger partial charge on any atom is -0.383 e. The molecule has 0 aliphatic heterocycles. The summed E-state index contributed by atoms with van der Waals surface area (Å²) in [7, 11) is 5.49. The van der Waals surface area contributed by atoms with E-state index >= 15 is 0 Å². The van der Waals surface area contributed by atoms with Crippen LogP contribution in [0.25, 0.3) is 10.9 Å². The Bertz CT molecular complexity index is 604. The fraction of sp³-hybridized carbons (Fsp3) is 0.438. The van der Waals surface area contributed by atoms with Gasteiger partial charge in [0.15, 0.2) is 0 Å². The van der Waals surface area contributed by atoms with Gasteiger partial charge >= 0.3 is 0 Å². The third kappa shape index (κ3) is 2.85. The first kappa shape index (κ1) is 14.6. The van der Waals surface area contributed by atoms with Crippen molar-refractivity contribution in [3.8, 4) is 0 Å². The minimum atomic E-state index is 0.0856. The second kappa shape index (κ2) is 6.09. The number of nitrogens with zero attached hydrogens (tertiary/aromatic N) is 2. The third-order valence-corrected chi connectivity index (χ3v) is 3.78. The number of aromatic nitrogens is 1. The molecule has 0 spiro atoms. The molecule has 1 amide bonds. The summed E-state index contributed by atoms with van der Waals surface area (Å²) in [4.78, 5) is 14.1. The molecule has 0 saturated carbocycles. The van der Waals surface area contributed by atoms with E-state index in [4.69, 9.17) is 4.74 Å². The van der Waals surface area contributed by atoms with E-state index in [1.54, 1.807) is 12.0 Å². The van der Waals surface area contributed by atoms with Crippen LogP contribution in [0.2, 0.25) is 0 Å². The summed E-state index contributed by atoms with van der Waals surface area (Å²) >= 11 is 0. The maximum absolute atomic E-state index is 12.3. The largest absolute Gasteiger partial charge is 0.383 e. The molecule has 0 radical (unpaired) electrons. The number of carbonyl (C=O) groups excluding carboxylic acids is 1. The molecule has 0 aliphatic carbocycles. The average Bonchev–Trinajstić information content (AvgIpc) is 2.75. The molecule has 1 atom stereocenters. The second-order valence-electron chi connectivity index (χ2n) is 5.27. The molecule has 2 aromatic rings. The SMILES string of the molecule is COC[C@H](C)N(C)C(=O)Cc1cn(C)c2ccccc12. The van der Waals surface area contributed by atoms with Crippen molar-refractivity contribution in [3.05, 3.63) is 36.0 Å². The first-order chi connectivity index (χ1) is 9.54. The van der Waals surface area contributed by atoms with E-state index in [0.717, 1.165) is 16.5 Å². The molecule has 0 bridgehead atoms. The molecule has 4 nitrogen and oxygen atoms in total. The maximum Gasteiger partial charge on any atom is 0.227 e. The van der Waals surface area contributed by atoms with Crippen molar-refractivity contribution in [2.75, 3.05) is 20.8 Å². The first-order valence-electron chi connectivity index (χ1n) is 6.82. The Kier molecular flexibility index (Phi) is 4.45. The van der Waals surface area contributed by atoms with Crippen LogP contribution in [0.5, 0.6) is 0 Å². The molecular weight excluding hydrogens is 252 g/mol. The summed E-state index contributed by atoms with van der Waals surface area (Å²) in [5, 5.41) is 1.15. The molecular formula is C16H22N2O2. The smallest absolute Gasteiger partial charge is 0.227 e. The van der Waals surface area contributed by atoms with Crippen molar-refractivity contribution in [2.45, 2.75) is 19.4 Å². The number of carbonyl (C=O) groups is 1. The van der Waals surface area contributed by atoms with Gasteiger partial charge < -0.3 is 14.2 Å². The van der Waals surface area contributed by atoms with Gasteiger partial charge in [-0.15, -0.1) is 0 Å². The van der Waals surface area contributed by atoms with Gasteiger partial charge in [0.05, 0.1) is 19.1 Å². The zero-order chi connectivity index (χ0) is 14.7. The third-order valence-electron chi connectivity index (χ3n) is 3.78. The van der Waals surface area contributed by atoms with E-state index in [1.165, 1.54) is 0 Å². The number of hydrogen-bond acceptors (Lipinski definition) is 2. The Hall–Kier alpha value is -1.81. The highest BCUT2D eigenvalue weighted by atomic mass is 16.5. The van der Waals surface area contributed by atoms with E-state index in [0.29, 0.717) is 13.0 Å². The van der Waals surface area contributed by atoms with E-state index in [2.05, 4.69) is 16.7 Å². The Balaban J connectivity index is 2.18. The lowest BCUT2D eigenvalue weighted by molar-refractivity contribution is -0.131. The van der Waals surface area contributed by atoms with Crippen molar-refractivity contribution in [1.29, 1.82) is 0 Å². The molecule has 0 unspecified atom stereocenters. The first-order valence-corrected chi connectivity index (χ1v) is 6.82. The number of aryl methyl sites for hydroxylation is 1. The molecule has 108 valence electrons. The summed E-state index contributed by atoms with van der Waals surface area (Å²) in [5.41, 5.74) is 2.23. The zero-order valence-electron chi connectivity index (χ0n) is 12.6. The van der Waals surface area contributed by atoms with E-state index in [-0.39, 0.29) is 11.9 Å². The van der Waals surface area contributed by atoms with Gasteiger partial charge in [0.2, 0.25) is 5.91 Å². The van der Waals surface area contributed by atoms with Crippen LogP contribution >= 0.6 is 0 Å². The average molecular weight is 274 g/mol. The van der Waals surface area contributed by atoms with Gasteiger partial charge in [-0.25, -0.2) is 0 Å². The van der Waals surface area contributed by atoms with Crippen LogP contribution in [-0.2, 0) is 23.0 Å². The number of para-hydroxylation sites is 1. The highest BCUT2D eigenvalue weighted by Crippen LogP contribution is 2.21. The molecule has 0 N–H and O–H groups in total. The molecule has 4 heteroatoms. The van der Waals surface area contributed by atoms with Crippen LogP contribution in [-0.4, -0.2) is 42.2 Å². The lowest BCUT2D eigenvalue weighted by atomic mass is 10.1. The second-order valence-corrected chi connectivity index (χ2v) is 5.27. The number of rotatable bonds is 5. The number of ether oxygens (including phenoxy) is 1. The fourth-order valence-electron chi connectivity index (χ4n) is 2.45. The van der Waals surface area contributed by atoms with Gasteiger partial charge in [-0.1, -0.05) is 18.2 Å². The molecule has 2 rings (SSSR count). The minimum absolute atomic E-state index is 0.0856. The Labute approximate surface area is 119 Å². The highest BCUT2D eigenvalue weighted by molar-refractivity contribution is 5.89. The Morgan fingerprint density at radius 3 is 2.80 bits per heavy atom. The summed E-state index contributed by atoms with van der Waals surface area (Å²) in [6, 6.07) is 8.24. The summed E-state index contributed by atoms with van der Waals surface area (Å²) < 4.78 is 7.17. The Morgan fingerprint density at radius 2 is 2.10 bits per heavy atom. The summed E-state index contributed by atoms with van der Waals surface area (Å²) in [5.74, 6) is 0.117. The predicted molar refractivity (Wildman–Crippen MR) is 80.7 cm³/mol. The predicted octanol–water partition coefficient (Wildman–Crippen LogP) is 2.21. The number of benzene rings is 1. The fourth-order valence-corrected chi connectivity index (χ4v) is 2.45. The van der Waals surface area contributed by atoms with Crippen LogP contribution in [0.3, 0.4) is 0 Å². The van der Waals surface area contributed by atoms with Crippen LogP contribution in [0.4, 0.5) is 0 Å². The van der Waals surface area contributed by atoms with Crippen molar-refractivity contribution >= 4 is 16.8 Å². The molecule has 0 aliphatic rings. The van der Waals surface area contributed by atoms with Gasteiger partial charge in [0.1, 0.15) is 0 Å². The lowest BCUT2D eigenvalue weighted by Crippen LogP contribution is -2.38. The topological polar surface area (TPSA) is 34.5 Å². The quantitative estimate of drug-likeness (QED) is 0.838. The lowest BCUT2D eigenvalue weighted by Gasteiger charge is -2.24. The van der Waals surface area contributed by atoms with Crippen molar-refractivity contribution in [1.82, 2.24) is 9.47 Å². The number of fused-ring (bicyclic) bond motifs is 1. The van der Waals surface area contributed by atoms with Gasteiger partial charge in [0, 0.05) is 38.3 Å². The van der Waals surface area contributed by atoms with Gasteiger partial charge in [-0.05, 0) is 18.6 Å². The van der Waals surface area contributed by atoms with Gasteiger partial charge in [-0.3, -0.25) is 4.79 Å². The van der Waals surface area contributed by atoms with Crippen LogP contribution in [0.15, 0.2) is 30.5 Å². The molecule has 1 heterocycles. The molecule has 1 aromatic heterocycles. The zero-order valence-corrected chi connectivity index (χ0v) is 12.6. The van der Waals surface area contributed by atoms with Crippen molar-refractivity contribution < 1.29 is 9.53 Å². The highest BCUT2D eigenvalue weighted by Gasteiger charge is 2.17. The number of methoxy groups -OCH3 is 1. The summed E-state index contributed by atoms with van der Waals surface area (Å²) in [6.07, 6.45) is 2.46. The Morgan fingerprint density at radius 1 is 1.40 bits per heavy atom. The molecule has 1 aromatic carbocycles. The van der Waals surface area contributed by atoms with Crippen LogP contribution in [0.1, 0.15) is 12.5 Å².